The number of ether oxygens (including phenoxy) is 1. The first-order valence-electron chi connectivity index (χ1n) is 8.15. The molecule has 1 fully saturated rings. The maximum Gasteiger partial charge on any atom is 0.119 e. The minimum atomic E-state index is -0.460. The molecule has 0 aliphatic heterocycles. The van der Waals surface area contributed by atoms with Gasteiger partial charge in [-0.1, -0.05) is 31.5 Å². The minimum absolute atomic E-state index is 0.341. The van der Waals surface area contributed by atoms with Gasteiger partial charge >= 0.3 is 0 Å². The van der Waals surface area contributed by atoms with Crippen LogP contribution in [0.15, 0.2) is 24.3 Å². The molecular weight excluding hydrogens is 262 g/mol. The molecule has 1 aliphatic carbocycles. The summed E-state index contributed by atoms with van der Waals surface area (Å²) in [5.74, 6) is 2.35. The van der Waals surface area contributed by atoms with Gasteiger partial charge in [0.15, 0.2) is 0 Å². The molecule has 3 heteroatoms. The molecule has 2 rings (SSSR count). The van der Waals surface area contributed by atoms with Crippen LogP contribution in [0.3, 0.4) is 0 Å². The Morgan fingerprint density at radius 1 is 1.24 bits per heavy atom. The van der Waals surface area contributed by atoms with E-state index in [1.54, 1.807) is 0 Å². The number of rotatable bonds is 6. The molecule has 0 saturated heterocycles. The first-order chi connectivity index (χ1) is 10.0. The number of aliphatic hydroxyl groups is 1. The number of benzene rings is 1. The number of hydrogen-bond donors (Lipinski definition) is 2. The average Bonchev–Trinajstić information content (AvgIpc) is 2.46. The van der Waals surface area contributed by atoms with E-state index in [1.165, 1.54) is 24.8 Å². The van der Waals surface area contributed by atoms with Crippen molar-refractivity contribution in [1.82, 2.24) is 5.32 Å². The summed E-state index contributed by atoms with van der Waals surface area (Å²) in [5.41, 5.74) is 1.21. The Morgan fingerprint density at radius 2 is 1.95 bits per heavy atom. The number of hydrogen-bond acceptors (Lipinski definition) is 3. The molecule has 4 unspecified atom stereocenters. The standard InChI is InChI=1S/C18H29NO2/c1-13-4-7-17(8-5-13)21-12-16(20)11-19-18-9-6-14(2)10-15(18)3/h4-5,7-8,14-16,18-20H,6,9-12H2,1-3H3. The molecule has 0 radical (unpaired) electrons. The quantitative estimate of drug-likeness (QED) is 0.846. The van der Waals surface area contributed by atoms with Crippen molar-refractivity contribution in [3.05, 3.63) is 29.8 Å². The summed E-state index contributed by atoms with van der Waals surface area (Å²) in [6, 6.07) is 8.46. The van der Waals surface area contributed by atoms with Gasteiger partial charge in [0.1, 0.15) is 18.5 Å². The van der Waals surface area contributed by atoms with Crippen LogP contribution < -0.4 is 10.1 Å². The van der Waals surface area contributed by atoms with Gasteiger partial charge in [-0.3, -0.25) is 0 Å². The van der Waals surface area contributed by atoms with Gasteiger partial charge < -0.3 is 15.2 Å². The smallest absolute Gasteiger partial charge is 0.119 e. The molecule has 1 aromatic rings. The SMILES string of the molecule is Cc1ccc(OCC(O)CNC2CCC(C)CC2C)cc1. The van der Waals surface area contributed by atoms with Crippen molar-refractivity contribution in [3.8, 4) is 5.75 Å². The van der Waals surface area contributed by atoms with E-state index in [1.807, 2.05) is 24.3 Å². The minimum Gasteiger partial charge on any atom is -0.491 e. The zero-order valence-corrected chi connectivity index (χ0v) is 13.5. The highest BCUT2D eigenvalue weighted by atomic mass is 16.5. The van der Waals surface area contributed by atoms with Gasteiger partial charge in [-0.05, 0) is 50.2 Å². The highest BCUT2D eigenvalue weighted by molar-refractivity contribution is 5.26. The number of aryl methyl sites for hydroxylation is 1. The molecule has 3 nitrogen and oxygen atoms in total. The van der Waals surface area contributed by atoms with E-state index in [0.29, 0.717) is 25.1 Å². The third kappa shape index (κ3) is 5.33. The fourth-order valence-electron chi connectivity index (χ4n) is 3.14. The predicted molar refractivity (Wildman–Crippen MR) is 86.7 cm³/mol. The van der Waals surface area contributed by atoms with E-state index >= 15 is 0 Å². The number of aliphatic hydroxyl groups excluding tert-OH is 1. The van der Waals surface area contributed by atoms with Crippen molar-refractivity contribution >= 4 is 0 Å². The van der Waals surface area contributed by atoms with Gasteiger partial charge in [0.05, 0.1) is 0 Å². The molecule has 0 spiro atoms. The summed E-state index contributed by atoms with van der Waals surface area (Å²) < 4.78 is 5.62. The fourth-order valence-corrected chi connectivity index (χ4v) is 3.14. The van der Waals surface area contributed by atoms with E-state index in [2.05, 4.69) is 26.1 Å². The fraction of sp³-hybridized carbons (Fsp3) is 0.667. The number of nitrogens with one attached hydrogen (secondary N) is 1. The second-order valence-corrected chi connectivity index (χ2v) is 6.69. The lowest BCUT2D eigenvalue weighted by atomic mass is 9.80. The van der Waals surface area contributed by atoms with Crippen molar-refractivity contribution in [1.29, 1.82) is 0 Å². The van der Waals surface area contributed by atoms with Crippen LogP contribution in [0.25, 0.3) is 0 Å². The lowest BCUT2D eigenvalue weighted by Gasteiger charge is -2.33. The van der Waals surface area contributed by atoms with Gasteiger partial charge in [-0.25, -0.2) is 0 Å². The normalized spacial score (nSPS) is 27.3. The molecule has 1 aliphatic rings. The van der Waals surface area contributed by atoms with Crippen molar-refractivity contribution in [3.63, 3.8) is 0 Å². The molecule has 21 heavy (non-hydrogen) atoms. The summed E-state index contributed by atoms with van der Waals surface area (Å²) in [6.07, 6.45) is 3.33. The summed E-state index contributed by atoms with van der Waals surface area (Å²) in [4.78, 5) is 0. The van der Waals surface area contributed by atoms with Crippen LogP contribution in [-0.2, 0) is 0 Å². The van der Waals surface area contributed by atoms with Crippen molar-refractivity contribution in [2.24, 2.45) is 11.8 Å². The lowest BCUT2D eigenvalue weighted by molar-refractivity contribution is 0.0965. The topological polar surface area (TPSA) is 41.5 Å². The zero-order chi connectivity index (χ0) is 15.2. The van der Waals surface area contributed by atoms with E-state index in [9.17, 15) is 5.11 Å². The van der Waals surface area contributed by atoms with E-state index in [4.69, 9.17) is 4.74 Å². The summed E-state index contributed by atoms with van der Waals surface area (Å²) >= 11 is 0. The van der Waals surface area contributed by atoms with Gasteiger partial charge in [0.25, 0.3) is 0 Å². The van der Waals surface area contributed by atoms with Crippen molar-refractivity contribution < 1.29 is 9.84 Å². The predicted octanol–water partition coefficient (Wildman–Crippen LogP) is 3.15. The Morgan fingerprint density at radius 3 is 2.62 bits per heavy atom. The maximum absolute atomic E-state index is 10.0. The van der Waals surface area contributed by atoms with Crippen LogP contribution in [0.1, 0.15) is 38.7 Å². The van der Waals surface area contributed by atoms with Gasteiger partial charge in [-0.2, -0.15) is 0 Å². The maximum atomic E-state index is 10.0. The Bertz CT molecular complexity index is 418. The second-order valence-electron chi connectivity index (χ2n) is 6.69. The monoisotopic (exact) mass is 291 g/mol. The van der Waals surface area contributed by atoms with Crippen LogP contribution >= 0.6 is 0 Å². The Balaban J connectivity index is 1.67. The van der Waals surface area contributed by atoms with E-state index in [0.717, 1.165) is 11.7 Å². The van der Waals surface area contributed by atoms with Crippen LogP contribution in [0.2, 0.25) is 0 Å². The summed E-state index contributed by atoms with van der Waals surface area (Å²) in [7, 11) is 0. The van der Waals surface area contributed by atoms with E-state index in [-0.39, 0.29) is 0 Å². The molecule has 118 valence electrons. The van der Waals surface area contributed by atoms with E-state index < -0.39 is 6.10 Å². The van der Waals surface area contributed by atoms with Gasteiger partial charge in [0, 0.05) is 12.6 Å². The molecule has 0 aromatic heterocycles. The van der Waals surface area contributed by atoms with Crippen molar-refractivity contribution in [2.75, 3.05) is 13.2 Å². The third-order valence-electron chi connectivity index (χ3n) is 4.51. The molecule has 1 aromatic carbocycles. The molecule has 0 heterocycles. The third-order valence-corrected chi connectivity index (χ3v) is 4.51. The highest BCUT2D eigenvalue weighted by Crippen LogP contribution is 2.28. The Hall–Kier alpha value is -1.06. The largest absolute Gasteiger partial charge is 0.491 e. The zero-order valence-electron chi connectivity index (χ0n) is 13.5. The Labute approximate surface area is 128 Å². The highest BCUT2D eigenvalue weighted by Gasteiger charge is 2.25. The summed E-state index contributed by atoms with van der Waals surface area (Å²) in [6.45, 7) is 7.64. The molecule has 4 atom stereocenters. The van der Waals surface area contributed by atoms with Crippen molar-refractivity contribution in [2.45, 2.75) is 52.2 Å². The van der Waals surface area contributed by atoms with Gasteiger partial charge in [0.2, 0.25) is 0 Å². The van der Waals surface area contributed by atoms with Crippen LogP contribution in [-0.4, -0.2) is 30.4 Å². The lowest BCUT2D eigenvalue weighted by Crippen LogP contribution is -2.43. The molecule has 0 bridgehead atoms. The molecule has 1 saturated carbocycles. The van der Waals surface area contributed by atoms with Crippen LogP contribution in [0.4, 0.5) is 0 Å². The second kappa shape index (κ2) is 7.81. The molecule has 2 N–H and O–H groups in total. The van der Waals surface area contributed by atoms with Crippen LogP contribution in [0, 0.1) is 18.8 Å². The Kier molecular flexibility index (Phi) is 6.07. The van der Waals surface area contributed by atoms with Gasteiger partial charge in [-0.15, -0.1) is 0 Å². The first kappa shape index (κ1) is 16.3. The van der Waals surface area contributed by atoms with Crippen LogP contribution in [0.5, 0.6) is 5.75 Å². The molecular formula is C18H29NO2. The molecule has 0 amide bonds. The average molecular weight is 291 g/mol. The summed E-state index contributed by atoms with van der Waals surface area (Å²) in [5, 5.41) is 13.6. The first-order valence-corrected chi connectivity index (χ1v) is 8.15.